The van der Waals surface area contributed by atoms with Crippen LogP contribution >= 0.6 is 0 Å². The number of hydrogen-bond acceptors (Lipinski definition) is 2. The lowest BCUT2D eigenvalue weighted by Crippen LogP contribution is -2.23. The predicted octanol–water partition coefficient (Wildman–Crippen LogP) is 3.51. The Balaban J connectivity index is 2.35. The third kappa shape index (κ3) is 6.12. The van der Waals surface area contributed by atoms with Gasteiger partial charge in [-0.25, -0.2) is 8.78 Å². The second-order valence-corrected chi connectivity index (χ2v) is 4.84. The maximum Gasteiger partial charge on any atom is 0.263 e. The monoisotopic (exact) mass is 271 g/mol. The first kappa shape index (κ1) is 16.1. The van der Waals surface area contributed by atoms with E-state index in [1.807, 2.05) is 0 Å². The molecule has 0 fully saturated rings. The van der Waals surface area contributed by atoms with Crippen LogP contribution in [0.5, 0.6) is 0 Å². The molecule has 0 aliphatic rings. The van der Waals surface area contributed by atoms with Crippen molar-refractivity contribution >= 4 is 0 Å². The van der Waals surface area contributed by atoms with Gasteiger partial charge in [-0.05, 0) is 30.9 Å². The zero-order chi connectivity index (χ0) is 14.1. The first-order chi connectivity index (χ1) is 9.17. The van der Waals surface area contributed by atoms with Crippen molar-refractivity contribution in [2.75, 3.05) is 13.2 Å². The molecule has 0 radical (unpaired) electrons. The highest BCUT2D eigenvalue weighted by molar-refractivity contribution is 5.23. The van der Waals surface area contributed by atoms with Gasteiger partial charge in [0.15, 0.2) is 0 Å². The molecular formula is C15H23F2NO. The fourth-order valence-corrected chi connectivity index (χ4v) is 2.14. The minimum absolute atomic E-state index is 0.0629. The van der Waals surface area contributed by atoms with Crippen LogP contribution in [0.2, 0.25) is 0 Å². The maximum atomic E-state index is 12.4. The molecule has 0 aromatic heterocycles. The average Bonchev–Trinajstić information content (AvgIpc) is 2.40. The van der Waals surface area contributed by atoms with Gasteiger partial charge in [0.25, 0.3) is 6.43 Å². The number of halogens is 2. The van der Waals surface area contributed by atoms with Gasteiger partial charge in [0.2, 0.25) is 0 Å². The lowest BCUT2D eigenvalue weighted by molar-refractivity contribution is 0.151. The van der Waals surface area contributed by atoms with Gasteiger partial charge in [0, 0.05) is 18.7 Å². The third-order valence-electron chi connectivity index (χ3n) is 3.23. The Labute approximate surface area is 113 Å². The van der Waals surface area contributed by atoms with Crippen LogP contribution in [0.4, 0.5) is 8.78 Å². The topological polar surface area (TPSA) is 32.3 Å². The second-order valence-electron chi connectivity index (χ2n) is 4.84. The zero-order valence-corrected chi connectivity index (χ0v) is 11.4. The van der Waals surface area contributed by atoms with E-state index >= 15 is 0 Å². The van der Waals surface area contributed by atoms with E-state index in [2.05, 4.69) is 12.2 Å². The molecule has 108 valence electrons. The van der Waals surface area contributed by atoms with E-state index in [1.54, 1.807) is 12.1 Å². The average molecular weight is 271 g/mol. The summed E-state index contributed by atoms with van der Waals surface area (Å²) in [4.78, 5) is 0. The molecule has 1 aromatic rings. The summed E-state index contributed by atoms with van der Waals surface area (Å²) < 4.78 is 24.8. The Kier molecular flexibility index (Phi) is 7.60. The summed E-state index contributed by atoms with van der Waals surface area (Å²) in [6.07, 6.45) is 0.610. The summed E-state index contributed by atoms with van der Waals surface area (Å²) in [6.45, 7) is 3.88. The molecule has 0 bridgehead atoms. The van der Waals surface area contributed by atoms with E-state index < -0.39 is 6.43 Å². The van der Waals surface area contributed by atoms with E-state index in [0.29, 0.717) is 12.5 Å². The molecule has 0 saturated carbocycles. The molecular weight excluding hydrogens is 248 g/mol. The normalized spacial score (nSPS) is 12.9. The van der Waals surface area contributed by atoms with Crippen molar-refractivity contribution < 1.29 is 13.9 Å². The van der Waals surface area contributed by atoms with Crippen LogP contribution in [0.15, 0.2) is 24.3 Å². The quantitative estimate of drug-likeness (QED) is 0.720. The largest absolute Gasteiger partial charge is 0.396 e. The van der Waals surface area contributed by atoms with Gasteiger partial charge in [-0.1, -0.05) is 37.6 Å². The Morgan fingerprint density at radius 3 is 2.37 bits per heavy atom. The predicted molar refractivity (Wildman–Crippen MR) is 73.2 cm³/mol. The van der Waals surface area contributed by atoms with Crippen LogP contribution in [-0.4, -0.2) is 18.3 Å². The smallest absolute Gasteiger partial charge is 0.263 e. The van der Waals surface area contributed by atoms with Crippen LogP contribution in [0.25, 0.3) is 0 Å². The summed E-state index contributed by atoms with van der Waals surface area (Å²) in [6, 6.07) is 6.41. The number of aliphatic hydroxyl groups excluding tert-OH is 1. The molecule has 19 heavy (non-hydrogen) atoms. The molecule has 1 rings (SSSR count). The molecule has 0 saturated heterocycles. The summed E-state index contributed by atoms with van der Waals surface area (Å²) in [5.74, 6) is 0.482. The zero-order valence-electron chi connectivity index (χ0n) is 11.4. The van der Waals surface area contributed by atoms with Crippen molar-refractivity contribution in [1.29, 1.82) is 0 Å². The van der Waals surface area contributed by atoms with Gasteiger partial charge in [-0.2, -0.15) is 0 Å². The van der Waals surface area contributed by atoms with Gasteiger partial charge in [0.05, 0.1) is 0 Å². The number of benzene rings is 1. The lowest BCUT2D eigenvalue weighted by atomic mass is 10.00. The first-order valence-electron chi connectivity index (χ1n) is 6.86. The second kappa shape index (κ2) is 8.99. The SMILES string of the molecule is CCCC(CCO)CNCc1ccc(C(F)F)cc1. The number of alkyl halides is 2. The molecule has 1 aromatic carbocycles. The summed E-state index contributed by atoms with van der Waals surface area (Å²) >= 11 is 0. The van der Waals surface area contributed by atoms with Gasteiger partial charge in [0.1, 0.15) is 0 Å². The number of hydrogen-bond donors (Lipinski definition) is 2. The van der Waals surface area contributed by atoms with E-state index in [-0.39, 0.29) is 12.2 Å². The molecule has 0 heterocycles. The van der Waals surface area contributed by atoms with Crippen molar-refractivity contribution in [2.45, 2.75) is 39.2 Å². The van der Waals surface area contributed by atoms with E-state index in [4.69, 9.17) is 5.11 Å². The van der Waals surface area contributed by atoms with E-state index in [1.165, 1.54) is 12.1 Å². The number of rotatable bonds is 9. The standard InChI is InChI=1S/C15H23F2NO/c1-2-3-12(8-9-19)10-18-11-13-4-6-14(7-5-13)15(16)17/h4-7,12,15,18-19H,2-3,8-11H2,1H3. The molecule has 2 nitrogen and oxygen atoms in total. The summed E-state index contributed by atoms with van der Waals surface area (Å²) in [7, 11) is 0. The lowest BCUT2D eigenvalue weighted by Gasteiger charge is -2.15. The Morgan fingerprint density at radius 1 is 1.16 bits per heavy atom. The van der Waals surface area contributed by atoms with Gasteiger partial charge >= 0.3 is 0 Å². The minimum atomic E-state index is -2.40. The van der Waals surface area contributed by atoms with Crippen molar-refractivity contribution in [3.8, 4) is 0 Å². The van der Waals surface area contributed by atoms with Crippen LogP contribution in [0.1, 0.15) is 43.7 Å². The van der Waals surface area contributed by atoms with Crippen molar-refractivity contribution in [2.24, 2.45) is 5.92 Å². The highest BCUT2D eigenvalue weighted by Crippen LogP contribution is 2.18. The van der Waals surface area contributed by atoms with Crippen molar-refractivity contribution in [3.05, 3.63) is 35.4 Å². The molecule has 1 atom stereocenters. The highest BCUT2D eigenvalue weighted by Gasteiger charge is 2.08. The molecule has 0 amide bonds. The van der Waals surface area contributed by atoms with Crippen LogP contribution in [0.3, 0.4) is 0 Å². The van der Waals surface area contributed by atoms with Gasteiger partial charge < -0.3 is 10.4 Å². The van der Waals surface area contributed by atoms with E-state index in [9.17, 15) is 8.78 Å². The number of aliphatic hydroxyl groups is 1. The van der Waals surface area contributed by atoms with E-state index in [0.717, 1.165) is 31.4 Å². The third-order valence-corrected chi connectivity index (χ3v) is 3.23. The van der Waals surface area contributed by atoms with Crippen LogP contribution in [-0.2, 0) is 6.54 Å². The minimum Gasteiger partial charge on any atom is -0.396 e. The fraction of sp³-hybridized carbons (Fsp3) is 0.600. The highest BCUT2D eigenvalue weighted by atomic mass is 19.3. The van der Waals surface area contributed by atoms with Crippen molar-refractivity contribution in [1.82, 2.24) is 5.32 Å². The summed E-state index contributed by atoms with van der Waals surface area (Å²) in [5.41, 5.74) is 1.07. The first-order valence-corrected chi connectivity index (χ1v) is 6.86. The van der Waals surface area contributed by atoms with Gasteiger partial charge in [-0.3, -0.25) is 0 Å². The van der Waals surface area contributed by atoms with Crippen molar-refractivity contribution in [3.63, 3.8) is 0 Å². The summed E-state index contributed by atoms with van der Waals surface area (Å²) in [5, 5.41) is 12.3. The Hall–Kier alpha value is -1.00. The molecule has 0 spiro atoms. The number of nitrogens with one attached hydrogen (secondary N) is 1. The molecule has 4 heteroatoms. The Bertz CT molecular complexity index is 335. The van der Waals surface area contributed by atoms with Crippen LogP contribution in [0, 0.1) is 5.92 Å². The fourth-order valence-electron chi connectivity index (χ4n) is 2.14. The maximum absolute atomic E-state index is 12.4. The molecule has 1 unspecified atom stereocenters. The molecule has 0 aliphatic heterocycles. The van der Waals surface area contributed by atoms with Crippen LogP contribution < -0.4 is 5.32 Å². The molecule has 2 N–H and O–H groups in total. The van der Waals surface area contributed by atoms with Gasteiger partial charge in [-0.15, -0.1) is 0 Å². The molecule has 0 aliphatic carbocycles. The Morgan fingerprint density at radius 2 is 1.84 bits per heavy atom.